The van der Waals surface area contributed by atoms with Gasteiger partial charge in [0, 0.05) is 18.8 Å². The van der Waals surface area contributed by atoms with Crippen molar-refractivity contribution in [1.82, 2.24) is 15.1 Å². The number of nitrogens with one attached hydrogen (secondary N) is 1. The zero-order chi connectivity index (χ0) is 10.4. The van der Waals surface area contributed by atoms with E-state index in [0.29, 0.717) is 6.04 Å². The van der Waals surface area contributed by atoms with Gasteiger partial charge < -0.3 is 5.32 Å². The molecule has 0 saturated heterocycles. The quantitative estimate of drug-likeness (QED) is 0.750. The number of nitrogens with zero attached hydrogens (tertiary/aromatic N) is 2. The van der Waals surface area contributed by atoms with E-state index in [0.717, 1.165) is 13.0 Å². The molecule has 1 rings (SSSR count). The van der Waals surface area contributed by atoms with Crippen LogP contribution in [0.4, 0.5) is 0 Å². The molecule has 14 heavy (non-hydrogen) atoms. The molecule has 1 unspecified atom stereocenters. The van der Waals surface area contributed by atoms with E-state index in [2.05, 4.69) is 30.5 Å². The van der Waals surface area contributed by atoms with Gasteiger partial charge in [-0.25, -0.2) is 0 Å². The summed E-state index contributed by atoms with van der Waals surface area (Å²) in [6, 6.07) is 0.622. The first kappa shape index (κ1) is 11.2. The molecular formula is C11H21N3. The van der Waals surface area contributed by atoms with Gasteiger partial charge in [-0.2, -0.15) is 5.10 Å². The molecule has 3 heteroatoms. The Kier molecular flexibility index (Phi) is 4.66. The SMILES string of the molecule is CCn1cc(CCCC(C)NC)cn1. The van der Waals surface area contributed by atoms with Crippen LogP contribution >= 0.6 is 0 Å². The van der Waals surface area contributed by atoms with Crippen molar-refractivity contribution < 1.29 is 0 Å². The average Bonchev–Trinajstić information content (AvgIpc) is 2.65. The summed E-state index contributed by atoms with van der Waals surface area (Å²) in [5, 5.41) is 7.50. The Hall–Kier alpha value is -0.830. The van der Waals surface area contributed by atoms with Gasteiger partial charge in [-0.3, -0.25) is 4.68 Å². The molecule has 0 bridgehead atoms. The summed E-state index contributed by atoms with van der Waals surface area (Å²) in [7, 11) is 2.01. The third kappa shape index (κ3) is 3.50. The maximum Gasteiger partial charge on any atom is 0.0521 e. The number of aryl methyl sites for hydroxylation is 2. The topological polar surface area (TPSA) is 29.9 Å². The highest BCUT2D eigenvalue weighted by Crippen LogP contribution is 2.05. The summed E-state index contributed by atoms with van der Waals surface area (Å²) in [6.45, 7) is 5.29. The molecule has 80 valence electrons. The molecule has 1 aromatic rings. The second kappa shape index (κ2) is 5.81. The second-order valence-corrected chi connectivity index (χ2v) is 3.79. The molecule has 0 spiro atoms. The number of hydrogen-bond acceptors (Lipinski definition) is 2. The van der Waals surface area contributed by atoms with Crippen LogP contribution in [0, 0.1) is 0 Å². The van der Waals surface area contributed by atoms with Crippen molar-refractivity contribution >= 4 is 0 Å². The van der Waals surface area contributed by atoms with E-state index in [1.165, 1.54) is 18.4 Å². The summed E-state index contributed by atoms with van der Waals surface area (Å²) in [5.74, 6) is 0. The first-order valence-corrected chi connectivity index (χ1v) is 5.44. The highest BCUT2D eigenvalue weighted by atomic mass is 15.3. The van der Waals surface area contributed by atoms with Crippen LogP contribution in [-0.2, 0) is 13.0 Å². The lowest BCUT2D eigenvalue weighted by Crippen LogP contribution is -2.20. The minimum Gasteiger partial charge on any atom is -0.317 e. The molecule has 0 aliphatic carbocycles. The van der Waals surface area contributed by atoms with E-state index >= 15 is 0 Å². The fraction of sp³-hybridized carbons (Fsp3) is 0.727. The van der Waals surface area contributed by atoms with Crippen LogP contribution in [0.1, 0.15) is 32.3 Å². The van der Waals surface area contributed by atoms with E-state index in [1.54, 1.807) is 0 Å². The molecule has 0 fully saturated rings. The number of aromatic nitrogens is 2. The molecule has 1 N–H and O–H groups in total. The van der Waals surface area contributed by atoms with E-state index < -0.39 is 0 Å². The maximum absolute atomic E-state index is 4.25. The molecule has 0 saturated carbocycles. The van der Waals surface area contributed by atoms with Gasteiger partial charge in [0.2, 0.25) is 0 Å². The Morgan fingerprint density at radius 1 is 1.57 bits per heavy atom. The lowest BCUT2D eigenvalue weighted by Gasteiger charge is -2.08. The Bertz CT molecular complexity index is 255. The molecule has 0 aliphatic heterocycles. The molecule has 0 aromatic carbocycles. The van der Waals surface area contributed by atoms with Crippen molar-refractivity contribution in [2.45, 2.75) is 45.7 Å². The van der Waals surface area contributed by atoms with Gasteiger partial charge >= 0.3 is 0 Å². The minimum atomic E-state index is 0.622. The Morgan fingerprint density at radius 3 is 2.93 bits per heavy atom. The van der Waals surface area contributed by atoms with Crippen molar-refractivity contribution in [3.63, 3.8) is 0 Å². The standard InChI is InChI=1S/C11H21N3/c1-4-14-9-11(8-13-14)7-5-6-10(2)12-3/h8-10,12H,4-7H2,1-3H3. The largest absolute Gasteiger partial charge is 0.317 e. The van der Waals surface area contributed by atoms with Crippen LogP contribution in [-0.4, -0.2) is 22.9 Å². The smallest absolute Gasteiger partial charge is 0.0521 e. The number of hydrogen-bond donors (Lipinski definition) is 1. The zero-order valence-electron chi connectivity index (χ0n) is 9.45. The fourth-order valence-corrected chi connectivity index (χ4v) is 1.47. The van der Waals surface area contributed by atoms with E-state index in [-0.39, 0.29) is 0 Å². The summed E-state index contributed by atoms with van der Waals surface area (Å²) in [4.78, 5) is 0. The van der Waals surface area contributed by atoms with Gasteiger partial charge in [0.25, 0.3) is 0 Å². The normalized spacial score (nSPS) is 13.1. The predicted molar refractivity (Wildman–Crippen MR) is 59.4 cm³/mol. The van der Waals surface area contributed by atoms with Crippen molar-refractivity contribution in [3.05, 3.63) is 18.0 Å². The van der Waals surface area contributed by atoms with E-state index in [4.69, 9.17) is 0 Å². The van der Waals surface area contributed by atoms with Crippen LogP contribution in [0.25, 0.3) is 0 Å². The van der Waals surface area contributed by atoms with Crippen molar-refractivity contribution in [3.8, 4) is 0 Å². The zero-order valence-corrected chi connectivity index (χ0v) is 9.45. The minimum absolute atomic E-state index is 0.622. The molecule has 1 heterocycles. The van der Waals surface area contributed by atoms with Gasteiger partial charge in [-0.05, 0) is 45.7 Å². The summed E-state index contributed by atoms with van der Waals surface area (Å²) in [6.07, 6.45) is 7.73. The fourth-order valence-electron chi connectivity index (χ4n) is 1.47. The van der Waals surface area contributed by atoms with Gasteiger partial charge in [0.1, 0.15) is 0 Å². The molecule has 0 aliphatic rings. The van der Waals surface area contributed by atoms with Gasteiger partial charge in [-0.15, -0.1) is 0 Å². The molecule has 0 amide bonds. The summed E-state index contributed by atoms with van der Waals surface area (Å²) < 4.78 is 1.98. The van der Waals surface area contributed by atoms with Gasteiger partial charge in [0.05, 0.1) is 6.20 Å². The van der Waals surface area contributed by atoms with Crippen molar-refractivity contribution in [1.29, 1.82) is 0 Å². The van der Waals surface area contributed by atoms with E-state index in [1.807, 2.05) is 17.9 Å². The van der Waals surface area contributed by atoms with Crippen LogP contribution in [0.15, 0.2) is 12.4 Å². The van der Waals surface area contributed by atoms with Crippen molar-refractivity contribution in [2.75, 3.05) is 7.05 Å². The third-order valence-electron chi connectivity index (χ3n) is 2.61. The molecule has 1 atom stereocenters. The van der Waals surface area contributed by atoms with Gasteiger partial charge in [0.15, 0.2) is 0 Å². The van der Waals surface area contributed by atoms with Crippen LogP contribution < -0.4 is 5.32 Å². The first-order valence-electron chi connectivity index (χ1n) is 5.44. The van der Waals surface area contributed by atoms with Crippen LogP contribution in [0.5, 0.6) is 0 Å². The lowest BCUT2D eigenvalue weighted by molar-refractivity contribution is 0.542. The highest BCUT2D eigenvalue weighted by Gasteiger charge is 2.00. The molecule has 1 aromatic heterocycles. The van der Waals surface area contributed by atoms with E-state index in [9.17, 15) is 0 Å². The third-order valence-corrected chi connectivity index (χ3v) is 2.61. The predicted octanol–water partition coefficient (Wildman–Crippen LogP) is 1.83. The Morgan fingerprint density at radius 2 is 2.36 bits per heavy atom. The molecule has 3 nitrogen and oxygen atoms in total. The Balaban J connectivity index is 2.24. The highest BCUT2D eigenvalue weighted by molar-refractivity contribution is 5.03. The Labute approximate surface area is 86.5 Å². The second-order valence-electron chi connectivity index (χ2n) is 3.79. The monoisotopic (exact) mass is 195 g/mol. The van der Waals surface area contributed by atoms with Crippen LogP contribution in [0.2, 0.25) is 0 Å². The van der Waals surface area contributed by atoms with Crippen molar-refractivity contribution in [2.24, 2.45) is 0 Å². The first-order chi connectivity index (χ1) is 6.76. The molecular weight excluding hydrogens is 174 g/mol. The van der Waals surface area contributed by atoms with Crippen LogP contribution in [0.3, 0.4) is 0 Å². The lowest BCUT2D eigenvalue weighted by atomic mass is 10.1. The summed E-state index contributed by atoms with van der Waals surface area (Å²) in [5.41, 5.74) is 1.36. The number of rotatable bonds is 6. The summed E-state index contributed by atoms with van der Waals surface area (Å²) >= 11 is 0. The van der Waals surface area contributed by atoms with Gasteiger partial charge in [-0.1, -0.05) is 0 Å². The maximum atomic E-state index is 4.25. The average molecular weight is 195 g/mol. The molecule has 0 radical (unpaired) electrons.